The van der Waals surface area contributed by atoms with Gasteiger partial charge in [-0.1, -0.05) is 78.1 Å². The summed E-state index contributed by atoms with van der Waals surface area (Å²) in [5.74, 6) is 0. The molecule has 0 spiro atoms. The molecule has 0 aliphatic heterocycles. The summed E-state index contributed by atoms with van der Waals surface area (Å²) in [6.07, 6.45) is 13.9. The summed E-state index contributed by atoms with van der Waals surface area (Å²) in [4.78, 5) is 0. The fraction of sp³-hybridized carbons (Fsp3) is 1.00. The van der Waals surface area contributed by atoms with Gasteiger partial charge in [-0.15, -0.1) is 12.6 Å². The van der Waals surface area contributed by atoms with Crippen LogP contribution in [0, 0.1) is 0 Å². The Hall–Kier alpha value is 0.460. The molecule has 0 bridgehead atoms. The Bertz CT molecular complexity index is 291. The zero-order chi connectivity index (χ0) is 18.1. The van der Waals surface area contributed by atoms with Crippen LogP contribution in [0.1, 0.15) is 97.8 Å². The smallest absolute Gasteiger partial charge is 0.287 e. The quantitative estimate of drug-likeness (QED) is 0.118. The Morgan fingerprint density at radius 1 is 0.750 bits per heavy atom. The molecule has 0 N–H and O–H groups in total. The molecule has 0 rings (SSSR count). The van der Waals surface area contributed by atoms with E-state index in [-0.39, 0.29) is 0 Å². The lowest BCUT2D eigenvalue weighted by molar-refractivity contribution is 0.107. The molecular weight excluding hydrogens is 343 g/mol. The summed E-state index contributed by atoms with van der Waals surface area (Å²) in [6.45, 7) is 6.96. The van der Waals surface area contributed by atoms with Gasteiger partial charge in [-0.05, 0) is 19.8 Å². The molecule has 1 unspecified atom stereocenters. The summed E-state index contributed by atoms with van der Waals surface area (Å²) >= 11 is 4.14. The highest BCUT2D eigenvalue weighted by atomic mass is 32.1. The van der Waals surface area contributed by atoms with E-state index in [9.17, 15) is 4.57 Å². The van der Waals surface area contributed by atoms with E-state index >= 15 is 0 Å². The fourth-order valence-electron chi connectivity index (χ4n) is 2.40. The Balaban J connectivity index is 3.88. The molecule has 0 aliphatic rings. The van der Waals surface area contributed by atoms with Crippen LogP contribution in [0.25, 0.3) is 0 Å². The fourth-order valence-corrected chi connectivity index (χ4v) is 4.02. The first-order chi connectivity index (χ1) is 11.5. The van der Waals surface area contributed by atoms with Crippen molar-refractivity contribution in [2.24, 2.45) is 0 Å². The summed E-state index contributed by atoms with van der Waals surface area (Å²) in [5.41, 5.74) is -0.468. The van der Waals surface area contributed by atoms with E-state index in [1.807, 2.05) is 0 Å². The zero-order valence-electron chi connectivity index (χ0n) is 16.0. The van der Waals surface area contributed by atoms with E-state index in [4.69, 9.17) is 13.6 Å². The van der Waals surface area contributed by atoms with Crippen molar-refractivity contribution in [1.82, 2.24) is 0 Å². The van der Waals surface area contributed by atoms with Gasteiger partial charge in [0.15, 0.2) is 0 Å². The molecule has 0 amide bonds. The average Bonchev–Trinajstić information content (AvgIpc) is 2.52. The Labute approximate surface area is 155 Å². The predicted molar refractivity (Wildman–Crippen MR) is 106 cm³/mol. The molecule has 24 heavy (non-hydrogen) atoms. The highest BCUT2D eigenvalue weighted by molar-refractivity contribution is 7.81. The Kier molecular flexibility index (Phi) is 17.2. The number of hydrogen-bond acceptors (Lipinski definition) is 5. The van der Waals surface area contributed by atoms with Crippen molar-refractivity contribution >= 4 is 20.5 Å². The summed E-state index contributed by atoms with van der Waals surface area (Å²) < 4.78 is 28.8. The second kappa shape index (κ2) is 16.9. The Morgan fingerprint density at radius 3 is 1.50 bits per heavy atom. The van der Waals surface area contributed by atoms with Gasteiger partial charge in [-0.25, -0.2) is 4.57 Å². The molecule has 0 heterocycles. The maximum atomic E-state index is 12.6. The minimum Gasteiger partial charge on any atom is -0.287 e. The molecule has 0 fully saturated rings. The van der Waals surface area contributed by atoms with E-state index in [0.717, 1.165) is 25.7 Å². The monoisotopic (exact) mass is 382 g/mol. The van der Waals surface area contributed by atoms with Crippen LogP contribution in [-0.2, 0) is 18.1 Å². The largest absolute Gasteiger partial charge is 0.475 e. The molecule has 0 aromatic rings. The normalized spacial score (nSPS) is 13.3. The van der Waals surface area contributed by atoms with Gasteiger partial charge in [0, 0.05) is 0 Å². The first-order valence-electron chi connectivity index (χ1n) is 9.79. The van der Waals surface area contributed by atoms with E-state index in [0.29, 0.717) is 13.2 Å². The first-order valence-corrected chi connectivity index (χ1v) is 11.8. The van der Waals surface area contributed by atoms with Gasteiger partial charge in [-0.2, -0.15) is 0 Å². The summed E-state index contributed by atoms with van der Waals surface area (Å²) in [7, 11) is -3.47. The van der Waals surface area contributed by atoms with Gasteiger partial charge in [0.25, 0.3) is 0 Å². The molecule has 4 nitrogen and oxygen atoms in total. The van der Waals surface area contributed by atoms with Gasteiger partial charge in [0.1, 0.15) is 5.44 Å². The molecule has 0 saturated carbocycles. The van der Waals surface area contributed by atoms with E-state index < -0.39 is 13.3 Å². The van der Waals surface area contributed by atoms with Crippen molar-refractivity contribution in [3.8, 4) is 0 Å². The maximum Gasteiger partial charge on any atom is 0.475 e. The lowest BCUT2D eigenvalue weighted by atomic mass is 10.1. The Morgan fingerprint density at radius 2 is 1.12 bits per heavy atom. The topological polar surface area (TPSA) is 44.8 Å². The number of thiol groups is 1. The average molecular weight is 383 g/mol. The van der Waals surface area contributed by atoms with Gasteiger partial charge in [0.05, 0.1) is 13.2 Å². The van der Waals surface area contributed by atoms with Crippen LogP contribution in [0.2, 0.25) is 0 Å². The van der Waals surface area contributed by atoms with Crippen LogP contribution in [0.5, 0.6) is 0 Å². The van der Waals surface area contributed by atoms with Gasteiger partial charge in [0.2, 0.25) is 0 Å². The first kappa shape index (κ1) is 24.5. The van der Waals surface area contributed by atoms with Crippen molar-refractivity contribution < 1.29 is 18.1 Å². The van der Waals surface area contributed by atoms with Crippen molar-refractivity contribution in [3.63, 3.8) is 0 Å². The van der Waals surface area contributed by atoms with Crippen LogP contribution >= 0.6 is 20.5 Å². The number of hydrogen-bond donors (Lipinski definition) is 1. The van der Waals surface area contributed by atoms with Gasteiger partial charge in [-0.3, -0.25) is 13.6 Å². The number of phosphoric ester groups is 1. The molecule has 1 atom stereocenters. The minimum atomic E-state index is -3.47. The van der Waals surface area contributed by atoms with E-state index in [1.54, 1.807) is 6.92 Å². The molecule has 0 aliphatic carbocycles. The molecular formula is C18H39O4PS. The zero-order valence-corrected chi connectivity index (χ0v) is 17.8. The van der Waals surface area contributed by atoms with Crippen LogP contribution in [0.4, 0.5) is 0 Å². The van der Waals surface area contributed by atoms with Crippen molar-refractivity contribution in [2.75, 3.05) is 13.2 Å². The standard InChI is InChI=1S/C18H39O4PS/c1-4-6-8-10-12-14-16-20-23(19,22-18(3)24)21-17-15-13-11-9-7-5-2/h18,24H,4-17H2,1-3H3. The second-order valence-corrected chi connectivity index (χ2v) is 8.70. The lowest BCUT2D eigenvalue weighted by Gasteiger charge is -2.19. The molecule has 6 heteroatoms. The third-order valence-electron chi connectivity index (χ3n) is 3.78. The highest BCUT2D eigenvalue weighted by Gasteiger charge is 2.28. The summed E-state index contributed by atoms with van der Waals surface area (Å²) in [5, 5.41) is 0. The van der Waals surface area contributed by atoms with E-state index in [1.165, 1.54) is 51.4 Å². The second-order valence-electron chi connectivity index (χ2n) is 6.35. The third-order valence-corrected chi connectivity index (χ3v) is 5.62. The summed E-state index contributed by atoms with van der Waals surface area (Å²) in [6, 6.07) is 0. The van der Waals surface area contributed by atoms with E-state index in [2.05, 4.69) is 26.5 Å². The van der Waals surface area contributed by atoms with Crippen molar-refractivity contribution in [2.45, 2.75) is 103 Å². The SMILES string of the molecule is CCCCCCCCOP(=O)(OCCCCCCCC)OC(C)S. The molecule has 0 aromatic heterocycles. The number of phosphoric acid groups is 1. The molecule has 0 radical (unpaired) electrons. The molecule has 0 saturated heterocycles. The number of unbranched alkanes of at least 4 members (excludes halogenated alkanes) is 10. The van der Waals surface area contributed by atoms with Crippen LogP contribution in [0.15, 0.2) is 0 Å². The predicted octanol–water partition coefficient (Wildman–Crippen LogP) is 7.14. The van der Waals surface area contributed by atoms with Crippen LogP contribution in [-0.4, -0.2) is 18.6 Å². The lowest BCUT2D eigenvalue weighted by Crippen LogP contribution is -2.06. The highest BCUT2D eigenvalue weighted by Crippen LogP contribution is 2.51. The molecule has 146 valence electrons. The van der Waals surface area contributed by atoms with Crippen molar-refractivity contribution in [3.05, 3.63) is 0 Å². The third kappa shape index (κ3) is 16.0. The van der Waals surface area contributed by atoms with Crippen LogP contribution < -0.4 is 0 Å². The van der Waals surface area contributed by atoms with Crippen LogP contribution in [0.3, 0.4) is 0 Å². The molecule has 0 aromatic carbocycles. The maximum absolute atomic E-state index is 12.6. The van der Waals surface area contributed by atoms with Gasteiger partial charge >= 0.3 is 7.82 Å². The number of rotatable bonds is 18. The minimum absolute atomic E-state index is 0.417. The van der Waals surface area contributed by atoms with Gasteiger partial charge < -0.3 is 0 Å². The van der Waals surface area contributed by atoms with Crippen molar-refractivity contribution in [1.29, 1.82) is 0 Å².